The van der Waals surface area contributed by atoms with Crippen LogP contribution in [0.1, 0.15) is 31.9 Å². The molecule has 3 aromatic heterocycles. The maximum atomic E-state index is 6.22. The van der Waals surface area contributed by atoms with Crippen LogP contribution < -0.4 is 4.90 Å². The van der Waals surface area contributed by atoms with Crippen molar-refractivity contribution in [2.75, 3.05) is 37.0 Å². The molecule has 0 atom stereocenters. The van der Waals surface area contributed by atoms with E-state index < -0.39 is 0 Å². The van der Waals surface area contributed by atoms with Crippen LogP contribution in [0.3, 0.4) is 0 Å². The third-order valence-corrected chi connectivity index (χ3v) is 8.12. The molecule has 0 aromatic carbocycles. The van der Waals surface area contributed by atoms with Gasteiger partial charge < -0.3 is 14.4 Å². The molecule has 0 saturated carbocycles. The highest BCUT2D eigenvalue weighted by atomic mass is 79.9. The normalized spacial score (nSPS) is 19.2. The van der Waals surface area contributed by atoms with Crippen LogP contribution in [0.5, 0.6) is 0 Å². The number of aromatic nitrogens is 3. The van der Waals surface area contributed by atoms with Crippen LogP contribution in [0, 0.1) is 0 Å². The monoisotopic (exact) mass is 520 g/mol. The number of ether oxygens (including phenoxy) is 2. The molecular formula is C22H25BrN4O2S2. The summed E-state index contributed by atoms with van der Waals surface area (Å²) < 4.78 is 14.1. The number of thioether (sulfide) groups is 1. The molecule has 6 nitrogen and oxygen atoms in total. The standard InChI is InChI=1S/C22H25BrN4O2S2/c1-13(23)4-9-30-21-18-17(24-12-25-21)16-14-10-22(2,3)29-11-15(14)19(26-20(16)31-18)27-5-7-28-8-6-27/h4,12H,5-11H2,1-3H3/b13-4-. The van der Waals surface area contributed by atoms with Gasteiger partial charge in [-0.25, -0.2) is 15.0 Å². The van der Waals surface area contributed by atoms with Gasteiger partial charge in [-0.2, -0.15) is 0 Å². The van der Waals surface area contributed by atoms with Crippen molar-refractivity contribution in [3.63, 3.8) is 0 Å². The number of anilines is 1. The average Bonchev–Trinajstić information content (AvgIpc) is 3.12. The number of halogens is 1. The van der Waals surface area contributed by atoms with Gasteiger partial charge in [0.2, 0.25) is 0 Å². The molecular weight excluding hydrogens is 496 g/mol. The number of hydrogen-bond acceptors (Lipinski definition) is 8. The summed E-state index contributed by atoms with van der Waals surface area (Å²) in [6.45, 7) is 10.1. The Labute approximate surface area is 198 Å². The molecule has 164 valence electrons. The molecule has 0 bridgehead atoms. The van der Waals surface area contributed by atoms with E-state index in [0.717, 1.165) is 68.9 Å². The molecule has 1 fully saturated rings. The van der Waals surface area contributed by atoms with Crippen molar-refractivity contribution in [3.8, 4) is 0 Å². The Hall–Kier alpha value is -1.26. The minimum Gasteiger partial charge on any atom is -0.378 e. The van der Waals surface area contributed by atoms with Gasteiger partial charge in [0.05, 0.1) is 35.6 Å². The van der Waals surface area contributed by atoms with Crippen molar-refractivity contribution < 1.29 is 9.47 Å². The maximum absolute atomic E-state index is 6.22. The lowest BCUT2D eigenvalue weighted by atomic mass is 9.90. The van der Waals surface area contributed by atoms with E-state index in [1.54, 1.807) is 29.4 Å². The Kier molecular flexibility index (Phi) is 5.98. The first-order valence-electron chi connectivity index (χ1n) is 10.4. The van der Waals surface area contributed by atoms with Crippen LogP contribution in [0.4, 0.5) is 5.82 Å². The predicted molar refractivity (Wildman–Crippen MR) is 132 cm³/mol. The lowest BCUT2D eigenvalue weighted by Gasteiger charge is -2.36. The number of pyridine rings is 1. The van der Waals surface area contributed by atoms with Gasteiger partial charge in [0.15, 0.2) is 0 Å². The van der Waals surface area contributed by atoms with Crippen molar-refractivity contribution in [1.82, 2.24) is 15.0 Å². The molecule has 31 heavy (non-hydrogen) atoms. The van der Waals surface area contributed by atoms with Crippen LogP contribution in [-0.4, -0.2) is 52.6 Å². The molecule has 9 heteroatoms. The second-order valence-corrected chi connectivity index (χ2v) is 11.7. The van der Waals surface area contributed by atoms with E-state index in [0.29, 0.717) is 6.61 Å². The summed E-state index contributed by atoms with van der Waals surface area (Å²) in [5, 5.41) is 2.20. The SMILES string of the molecule is C/C(Br)=C/CSc1ncnc2c1sc1nc(N3CCOCC3)c3c(c12)CC(C)(C)OC3. The smallest absolute Gasteiger partial charge is 0.136 e. The number of morpholine rings is 1. The van der Waals surface area contributed by atoms with Gasteiger partial charge in [-0.05, 0) is 30.8 Å². The van der Waals surface area contributed by atoms with Gasteiger partial charge in [0.1, 0.15) is 22.0 Å². The average molecular weight is 522 g/mol. The van der Waals surface area contributed by atoms with Gasteiger partial charge >= 0.3 is 0 Å². The minimum atomic E-state index is -0.208. The first-order chi connectivity index (χ1) is 14.9. The summed E-state index contributed by atoms with van der Waals surface area (Å²) in [6.07, 6.45) is 4.69. The van der Waals surface area contributed by atoms with E-state index in [-0.39, 0.29) is 5.60 Å². The fraction of sp³-hybridized carbons (Fsp3) is 0.500. The third kappa shape index (κ3) is 4.23. The van der Waals surface area contributed by atoms with Gasteiger partial charge in [0, 0.05) is 36.2 Å². The van der Waals surface area contributed by atoms with Crippen molar-refractivity contribution in [1.29, 1.82) is 0 Å². The van der Waals surface area contributed by atoms with Crippen LogP contribution in [0.25, 0.3) is 20.4 Å². The number of thiophene rings is 1. The minimum absolute atomic E-state index is 0.208. The fourth-order valence-electron chi connectivity index (χ4n) is 4.14. The molecule has 3 aromatic rings. The Bertz CT molecular complexity index is 1170. The molecule has 1 saturated heterocycles. The summed E-state index contributed by atoms with van der Waals surface area (Å²) in [5.74, 6) is 1.91. The van der Waals surface area contributed by atoms with Crippen LogP contribution in [0.15, 0.2) is 21.9 Å². The van der Waals surface area contributed by atoms with E-state index in [2.05, 4.69) is 45.7 Å². The molecule has 5 heterocycles. The highest BCUT2D eigenvalue weighted by Gasteiger charge is 2.33. The van der Waals surface area contributed by atoms with Gasteiger partial charge in [-0.15, -0.1) is 23.1 Å². The summed E-state index contributed by atoms with van der Waals surface area (Å²) in [4.78, 5) is 17.9. The lowest BCUT2D eigenvalue weighted by molar-refractivity contribution is -0.0396. The number of allylic oxidation sites excluding steroid dienone is 1. The highest BCUT2D eigenvalue weighted by molar-refractivity contribution is 9.11. The molecule has 2 aliphatic rings. The molecule has 2 aliphatic heterocycles. The van der Waals surface area contributed by atoms with E-state index in [4.69, 9.17) is 19.4 Å². The lowest BCUT2D eigenvalue weighted by Crippen LogP contribution is -2.39. The van der Waals surface area contributed by atoms with E-state index in [1.165, 1.54) is 16.5 Å². The molecule has 0 aliphatic carbocycles. The molecule has 0 radical (unpaired) electrons. The second-order valence-electron chi connectivity index (χ2n) is 8.46. The summed E-state index contributed by atoms with van der Waals surface area (Å²) >= 11 is 6.95. The number of rotatable bonds is 4. The van der Waals surface area contributed by atoms with Gasteiger partial charge in [-0.3, -0.25) is 0 Å². The van der Waals surface area contributed by atoms with Crippen molar-refractivity contribution in [2.24, 2.45) is 0 Å². The number of fused-ring (bicyclic) bond motifs is 5. The summed E-state index contributed by atoms with van der Waals surface area (Å²) in [6, 6.07) is 0. The van der Waals surface area contributed by atoms with Crippen molar-refractivity contribution >= 4 is 65.3 Å². The summed E-state index contributed by atoms with van der Waals surface area (Å²) in [5.41, 5.74) is 3.35. The summed E-state index contributed by atoms with van der Waals surface area (Å²) in [7, 11) is 0. The highest BCUT2D eigenvalue weighted by Crippen LogP contribution is 2.44. The van der Waals surface area contributed by atoms with Crippen LogP contribution >= 0.6 is 39.0 Å². The molecule has 0 unspecified atom stereocenters. The zero-order valence-corrected chi connectivity index (χ0v) is 21.1. The van der Waals surface area contributed by atoms with Gasteiger partial charge in [0.25, 0.3) is 0 Å². The molecule has 5 rings (SSSR count). The maximum Gasteiger partial charge on any atom is 0.136 e. The van der Waals surface area contributed by atoms with E-state index in [9.17, 15) is 0 Å². The van der Waals surface area contributed by atoms with Crippen LogP contribution in [-0.2, 0) is 22.5 Å². The predicted octanol–water partition coefficient (Wildman–Crippen LogP) is 5.32. The Morgan fingerprint density at radius 2 is 2.10 bits per heavy atom. The number of nitrogens with zero attached hydrogens (tertiary/aromatic N) is 4. The van der Waals surface area contributed by atoms with E-state index in [1.807, 2.05) is 6.92 Å². The first-order valence-corrected chi connectivity index (χ1v) is 13.0. The Morgan fingerprint density at radius 1 is 1.29 bits per heavy atom. The molecule has 0 amide bonds. The largest absolute Gasteiger partial charge is 0.378 e. The van der Waals surface area contributed by atoms with E-state index >= 15 is 0 Å². The zero-order valence-electron chi connectivity index (χ0n) is 17.9. The van der Waals surface area contributed by atoms with Crippen LogP contribution in [0.2, 0.25) is 0 Å². The zero-order chi connectivity index (χ0) is 21.6. The third-order valence-electron chi connectivity index (χ3n) is 5.67. The molecule has 0 spiro atoms. The van der Waals surface area contributed by atoms with Gasteiger partial charge in [-0.1, -0.05) is 22.0 Å². The quantitative estimate of drug-likeness (QED) is 0.340. The fourth-order valence-corrected chi connectivity index (χ4v) is 6.70. The Balaban J connectivity index is 1.70. The van der Waals surface area contributed by atoms with Crippen molar-refractivity contribution in [3.05, 3.63) is 28.0 Å². The molecule has 0 N–H and O–H groups in total. The van der Waals surface area contributed by atoms with Crippen molar-refractivity contribution in [2.45, 2.75) is 44.4 Å². The second kappa shape index (κ2) is 8.59. The number of hydrogen-bond donors (Lipinski definition) is 0. The first kappa shape index (κ1) is 21.6. The Morgan fingerprint density at radius 3 is 2.87 bits per heavy atom. The topological polar surface area (TPSA) is 60.4 Å².